The second-order valence-corrected chi connectivity index (χ2v) is 9.87. The molecular formula is C30H25FN2O6S. The molecule has 8 nitrogen and oxygen atoms in total. The van der Waals surface area contributed by atoms with Crippen molar-refractivity contribution in [2.75, 3.05) is 13.2 Å². The molecule has 1 aliphatic rings. The zero-order valence-electron chi connectivity index (χ0n) is 22.0. The van der Waals surface area contributed by atoms with Crippen LogP contribution in [0, 0.1) is 5.82 Å². The first-order valence-electron chi connectivity index (χ1n) is 12.6. The van der Waals surface area contributed by atoms with Crippen molar-refractivity contribution >= 4 is 29.4 Å². The number of carbonyl (C=O) groups excluding carboxylic acids is 2. The van der Waals surface area contributed by atoms with Crippen molar-refractivity contribution in [2.24, 2.45) is 4.99 Å². The number of esters is 2. The van der Waals surface area contributed by atoms with Crippen molar-refractivity contribution in [1.29, 1.82) is 0 Å². The van der Waals surface area contributed by atoms with E-state index in [4.69, 9.17) is 13.9 Å². The summed E-state index contributed by atoms with van der Waals surface area (Å²) in [6, 6.07) is 15.2. The molecule has 5 rings (SSSR count). The number of fused-ring (bicyclic) bond motifs is 1. The minimum atomic E-state index is -0.837. The fourth-order valence-electron chi connectivity index (χ4n) is 4.48. The van der Waals surface area contributed by atoms with E-state index >= 15 is 0 Å². The third kappa shape index (κ3) is 5.17. The van der Waals surface area contributed by atoms with Crippen LogP contribution in [0.1, 0.15) is 48.5 Å². The first kappa shape index (κ1) is 27.0. The van der Waals surface area contributed by atoms with Gasteiger partial charge in [-0.15, -0.1) is 0 Å². The predicted octanol–water partition coefficient (Wildman–Crippen LogP) is 4.37. The summed E-state index contributed by atoms with van der Waals surface area (Å²) in [7, 11) is 0. The number of halogens is 1. The van der Waals surface area contributed by atoms with Crippen LogP contribution in [0.3, 0.4) is 0 Å². The van der Waals surface area contributed by atoms with Crippen LogP contribution in [0.15, 0.2) is 86.1 Å². The van der Waals surface area contributed by atoms with Crippen molar-refractivity contribution < 1.29 is 27.9 Å². The Hall–Kier alpha value is -4.57. The number of ether oxygens (including phenoxy) is 2. The molecule has 1 unspecified atom stereocenters. The van der Waals surface area contributed by atoms with E-state index < -0.39 is 23.8 Å². The summed E-state index contributed by atoms with van der Waals surface area (Å²) in [6.45, 7) is 5.54. The Kier molecular flexibility index (Phi) is 7.61. The zero-order chi connectivity index (χ0) is 28.4. The molecule has 2 aromatic heterocycles. The average Bonchev–Trinajstić information content (AvgIpc) is 3.53. The normalized spacial score (nSPS) is 15.0. The molecule has 0 amide bonds. The van der Waals surface area contributed by atoms with E-state index in [1.165, 1.54) is 28.8 Å². The van der Waals surface area contributed by atoms with Gasteiger partial charge in [-0.1, -0.05) is 35.6 Å². The Morgan fingerprint density at radius 1 is 1.05 bits per heavy atom. The van der Waals surface area contributed by atoms with E-state index in [1.807, 2.05) is 6.07 Å². The summed E-state index contributed by atoms with van der Waals surface area (Å²) in [4.78, 5) is 43.7. The van der Waals surface area contributed by atoms with Gasteiger partial charge in [-0.25, -0.2) is 19.0 Å². The van der Waals surface area contributed by atoms with E-state index in [0.29, 0.717) is 43.2 Å². The van der Waals surface area contributed by atoms with Gasteiger partial charge in [0, 0.05) is 11.6 Å². The number of aromatic nitrogens is 1. The summed E-state index contributed by atoms with van der Waals surface area (Å²) >= 11 is 1.15. The van der Waals surface area contributed by atoms with Crippen molar-refractivity contribution in [3.05, 3.63) is 114 Å². The lowest BCUT2D eigenvalue weighted by atomic mass is 9.96. The number of allylic oxidation sites excluding steroid dienone is 1. The van der Waals surface area contributed by atoms with E-state index in [1.54, 1.807) is 57.2 Å². The van der Waals surface area contributed by atoms with Gasteiger partial charge < -0.3 is 13.9 Å². The highest BCUT2D eigenvalue weighted by molar-refractivity contribution is 7.07. The summed E-state index contributed by atoms with van der Waals surface area (Å²) in [5.41, 5.74) is 1.89. The quantitative estimate of drug-likeness (QED) is 0.311. The van der Waals surface area contributed by atoms with Crippen LogP contribution >= 0.6 is 11.3 Å². The number of nitrogens with zero attached hydrogens (tertiary/aromatic N) is 2. The van der Waals surface area contributed by atoms with Crippen molar-refractivity contribution in [3.63, 3.8) is 0 Å². The monoisotopic (exact) mass is 560 g/mol. The van der Waals surface area contributed by atoms with Gasteiger partial charge in [0.2, 0.25) is 0 Å². The number of benzene rings is 2. The third-order valence-corrected chi connectivity index (χ3v) is 7.24. The molecular weight excluding hydrogens is 535 g/mol. The minimum absolute atomic E-state index is 0.152. The van der Waals surface area contributed by atoms with Gasteiger partial charge in [0.15, 0.2) is 4.80 Å². The summed E-state index contributed by atoms with van der Waals surface area (Å²) in [5, 5.41) is 0. The molecule has 1 aliphatic heterocycles. The average molecular weight is 561 g/mol. The first-order chi connectivity index (χ1) is 19.3. The molecule has 10 heteroatoms. The van der Waals surface area contributed by atoms with Gasteiger partial charge in [0.1, 0.15) is 17.3 Å². The maximum absolute atomic E-state index is 13.7. The van der Waals surface area contributed by atoms with E-state index in [2.05, 4.69) is 4.99 Å². The highest BCUT2D eigenvalue weighted by Gasteiger charge is 2.33. The molecule has 0 aliphatic carbocycles. The Bertz CT molecular complexity index is 1810. The Balaban J connectivity index is 1.57. The Morgan fingerprint density at radius 3 is 2.50 bits per heavy atom. The minimum Gasteiger partial charge on any atom is -0.463 e. The maximum Gasteiger partial charge on any atom is 0.338 e. The third-order valence-electron chi connectivity index (χ3n) is 6.26. The maximum atomic E-state index is 13.7. The van der Waals surface area contributed by atoms with Gasteiger partial charge >= 0.3 is 11.9 Å². The Morgan fingerprint density at radius 2 is 1.77 bits per heavy atom. The van der Waals surface area contributed by atoms with Gasteiger partial charge in [-0.05, 0) is 62.7 Å². The van der Waals surface area contributed by atoms with E-state index in [-0.39, 0.29) is 24.3 Å². The number of thiazole rings is 1. The van der Waals surface area contributed by atoms with Crippen LogP contribution in [-0.4, -0.2) is 29.7 Å². The topological polar surface area (TPSA) is 100 Å². The number of rotatable bonds is 7. The molecule has 40 heavy (non-hydrogen) atoms. The second-order valence-electron chi connectivity index (χ2n) is 8.86. The molecule has 0 spiro atoms. The molecule has 3 heterocycles. The fourth-order valence-corrected chi connectivity index (χ4v) is 5.51. The van der Waals surface area contributed by atoms with Crippen LogP contribution in [0.2, 0.25) is 0 Å². The number of hydrogen-bond donors (Lipinski definition) is 0. The zero-order valence-corrected chi connectivity index (χ0v) is 22.8. The van der Waals surface area contributed by atoms with Crippen molar-refractivity contribution in [2.45, 2.75) is 26.8 Å². The van der Waals surface area contributed by atoms with Gasteiger partial charge in [0.05, 0.1) is 40.6 Å². The SMILES string of the molecule is CCOC(=O)C1=C(C)N=c2s/c(=C\c3ccc(-c4cccc(C(=O)OCC)c4)o3)c(=O)n2C1c1ccc(F)cc1. The molecule has 0 fully saturated rings. The first-order valence-corrected chi connectivity index (χ1v) is 13.4. The van der Waals surface area contributed by atoms with E-state index in [0.717, 1.165) is 11.3 Å². The summed E-state index contributed by atoms with van der Waals surface area (Å²) < 4.78 is 31.8. The van der Waals surface area contributed by atoms with Crippen molar-refractivity contribution in [3.8, 4) is 11.3 Å². The molecule has 0 radical (unpaired) electrons. The van der Waals surface area contributed by atoms with Crippen LogP contribution in [0.25, 0.3) is 17.4 Å². The number of hydrogen-bond acceptors (Lipinski definition) is 8. The molecule has 4 aromatic rings. The van der Waals surface area contributed by atoms with Gasteiger partial charge in [0.25, 0.3) is 5.56 Å². The molecule has 204 valence electrons. The Labute approximate surface area is 232 Å². The van der Waals surface area contributed by atoms with Crippen molar-refractivity contribution in [1.82, 2.24) is 4.57 Å². The highest BCUT2D eigenvalue weighted by atomic mass is 32.1. The smallest absolute Gasteiger partial charge is 0.338 e. The largest absolute Gasteiger partial charge is 0.463 e. The molecule has 0 saturated carbocycles. The lowest BCUT2D eigenvalue weighted by molar-refractivity contribution is -0.139. The number of carbonyl (C=O) groups is 2. The molecule has 2 aromatic carbocycles. The van der Waals surface area contributed by atoms with Gasteiger partial charge in [-0.2, -0.15) is 0 Å². The van der Waals surface area contributed by atoms with Crippen LogP contribution in [-0.2, 0) is 14.3 Å². The number of furan rings is 1. The van der Waals surface area contributed by atoms with Crippen LogP contribution in [0.5, 0.6) is 0 Å². The predicted molar refractivity (Wildman–Crippen MR) is 147 cm³/mol. The highest BCUT2D eigenvalue weighted by Crippen LogP contribution is 2.31. The molecule has 1 atom stereocenters. The summed E-state index contributed by atoms with van der Waals surface area (Å²) in [5.74, 6) is -0.522. The van der Waals surface area contributed by atoms with Crippen LogP contribution in [0.4, 0.5) is 4.39 Å². The lowest BCUT2D eigenvalue weighted by Gasteiger charge is -2.24. The van der Waals surface area contributed by atoms with Crippen LogP contribution < -0.4 is 14.9 Å². The molecule has 0 N–H and O–H groups in total. The second kappa shape index (κ2) is 11.3. The summed E-state index contributed by atoms with van der Waals surface area (Å²) in [6.07, 6.45) is 1.60. The lowest BCUT2D eigenvalue weighted by Crippen LogP contribution is -2.39. The standard InChI is InChI=1S/C30H25FN2O6S/c1-4-37-28(35)20-8-6-7-19(15-20)23-14-13-22(39-23)16-24-27(34)33-26(18-9-11-21(31)12-10-18)25(29(36)38-5-2)17(3)32-30(33)40-24/h6-16,26H,4-5H2,1-3H3/b24-16-. The van der Waals surface area contributed by atoms with E-state index in [9.17, 15) is 18.8 Å². The molecule has 0 saturated heterocycles. The molecule has 0 bridgehead atoms. The van der Waals surface area contributed by atoms with Gasteiger partial charge in [-0.3, -0.25) is 9.36 Å². The fraction of sp³-hybridized carbons (Fsp3) is 0.200.